The average molecular weight is 532 g/mol. The van der Waals surface area contributed by atoms with E-state index in [1.54, 1.807) is 0 Å². The third kappa shape index (κ3) is 2.18. The zero-order valence-corrected chi connectivity index (χ0v) is 19.7. The van der Waals surface area contributed by atoms with Crippen molar-refractivity contribution in [3.05, 3.63) is 103 Å². The van der Waals surface area contributed by atoms with Crippen LogP contribution in [0.2, 0.25) is 0 Å². The Balaban J connectivity index is 1.75. The first kappa shape index (κ1) is 17.9. The molecule has 0 aliphatic carbocycles. The highest BCUT2D eigenvalue weighted by atomic mass is 127. The largest absolute Gasteiger partial charge is 0.308 e. The van der Waals surface area contributed by atoms with Gasteiger partial charge in [-0.1, -0.05) is 72.8 Å². The van der Waals surface area contributed by atoms with Gasteiger partial charge in [0.2, 0.25) is 0 Å². The van der Waals surface area contributed by atoms with E-state index in [4.69, 9.17) is 0 Å². The predicted molar refractivity (Wildman–Crippen MR) is 149 cm³/mol. The van der Waals surface area contributed by atoms with Gasteiger partial charge < -0.3 is 4.40 Å². The molecule has 5 aromatic carbocycles. The molecule has 0 N–H and O–H groups in total. The van der Waals surface area contributed by atoms with Crippen LogP contribution in [0.4, 0.5) is 0 Å². The minimum atomic E-state index is 1.24. The number of aromatic nitrogens is 2. The molecule has 0 radical (unpaired) electrons. The van der Waals surface area contributed by atoms with Gasteiger partial charge in [-0.05, 0) is 46.8 Å². The molecule has 8 rings (SSSR count). The quantitative estimate of drug-likeness (QED) is 0.187. The monoisotopic (exact) mass is 532 g/mol. The van der Waals surface area contributed by atoms with Gasteiger partial charge in [-0.2, -0.15) is 0 Å². The van der Waals surface area contributed by atoms with Gasteiger partial charge in [0.15, 0.2) is 0 Å². The van der Waals surface area contributed by atoms with Gasteiger partial charge in [0.1, 0.15) is 0 Å². The van der Waals surface area contributed by atoms with Crippen LogP contribution in [-0.2, 0) is 0 Å². The molecule has 3 heteroatoms. The van der Waals surface area contributed by atoms with Crippen molar-refractivity contribution in [1.82, 2.24) is 7.18 Å². The van der Waals surface area contributed by atoms with E-state index in [-0.39, 0.29) is 0 Å². The van der Waals surface area contributed by atoms with E-state index < -0.39 is 0 Å². The standard InChI is InChI=1S/C30H17IN2/c31-33-26-12-6-10-21-23-17-19(18-7-2-1-3-8-18)13-15-25(23)32-24-11-5-4-9-20(24)22-14-16-27(33)29(28(21)26)30(22)32/h1-17H. The Bertz CT molecular complexity index is 2030. The topological polar surface area (TPSA) is 9.34 Å². The molecule has 0 unspecified atom stereocenters. The van der Waals surface area contributed by atoms with Gasteiger partial charge in [-0.15, -0.1) is 0 Å². The summed E-state index contributed by atoms with van der Waals surface area (Å²) in [5.74, 6) is 0. The fourth-order valence-electron chi connectivity index (χ4n) is 5.78. The number of halogens is 1. The molecule has 154 valence electrons. The van der Waals surface area contributed by atoms with Crippen LogP contribution < -0.4 is 0 Å². The van der Waals surface area contributed by atoms with Crippen molar-refractivity contribution in [1.29, 1.82) is 0 Å². The lowest BCUT2D eigenvalue weighted by Gasteiger charge is -2.07. The van der Waals surface area contributed by atoms with Crippen molar-refractivity contribution >= 4 is 82.8 Å². The molecular formula is C30H17IN2. The van der Waals surface area contributed by atoms with Crippen LogP contribution in [0.25, 0.3) is 71.0 Å². The minimum Gasteiger partial charge on any atom is -0.308 e. The number of fused-ring (bicyclic) bond motifs is 6. The van der Waals surface area contributed by atoms with Crippen LogP contribution in [0.5, 0.6) is 0 Å². The molecule has 0 bridgehead atoms. The number of hydrogen-bond acceptors (Lipinski definition) is 0. The van der Waals surface area contributed by atoms with Crippen LogP contribution in [0.1, 0.15) is 0 Å². The van der Waals surface area contributed by atoms with Crippen LogP contribution in [0.3, 0.4) is 0 Å². The first-order valence-corrected chi connectivity index (χ1v) is 12.1. The fraction of sp³-hybridized carbons (Fsp3) is 0. The van der Waals surface area contributed by atoms with Gasteiger partial charge in [-0.25, -0.2) is 0 Å². The average Bonchev–Trinajstić information content (AvgIpc) is 3.32. The second-order valence-electron chi connectivity index (χ2n) is 8.79. The van der Waals surface area contributed by atoms with Crippen molar-refractivity contribution in [3.8, 4) is 11.1 Å². The Morgan fingerprint density at radius 3 is 2.06 bits per heavy atom. The summed E-state index contributed by atoms with van der Waals surface area (Å²) in [6.45, 7) is 0. The van der Waals surface area contributed by atoms with Gasteiger partial charge in [0.25, 0.3) is 0 Å². The minimum absolute atomic E-state index is 1.24. The summed E-state index contributed by atoms with van der Waals surface area (Å²) in [4.78, 5) is 0. The summed E-state index contributed by atoms with van der Waals surface area (Å²) in [5.41, 5.74) is 8.85. The number of benzene rings is 5. The van der Waals surface area contributed by atoms with E-state index in [0.717, 1.165) is 0 Å². The van der Waals surface area contributed by atoms with E-state index in [0.29, 0.717) is 0 Å². The first-order chi connectivity index (χ1) is 16.3. The summed E-state index contributed by atoms with van der Waals surface area (Å²) in [6, 6.07) is 37.8. The molecule has 0 amide bonds. The lowest BCUT2D eigenvalue weighted by molar-refractivity contribution is 1.36. The Morgan fingerprint density at radius 2 is 1.15 bits per heavy atom. The Kier molecular flexibility index (Phi) is 3.40. The zero-order chi connectivity index (χ0) is 21.7. The summed E-state index contributed by atoms with van der Waals surface area (Å²) < 4.78 is 4.81. The lowest BCUT2D eigenvalue weighted by Crippen LogP contribution is -1.87. The molecule has 8 aromatic rings. The molecule has 3 heterocycles. The van der Waals surface area contributed by atoms with Crippen molar-refractivity contribution in [2.75, 3.05) is 0 Å². The highest BCUT2D eigenvalue weighted by Gasteiger charge is 2.21. The molecule has 0 atom stereocenters. The first-order valence-electron chi connectivity index (χ1n) is 11.2. The molecule has 0 saturated heterocycles. The highest BCUT2D eigenvalue weighted by molar-refractivity contribution is 14.1. The van der Waals surface area contributed by atoms with Crippen molar-refractivity contribution < 1.29 is 0 Å². The van der Waals surface area contributed by atoms with E-state index in [1.807, 2.05) is 0 Å². The summed E-state index contributed by atoms with van der Waals surface area (Å²) in [6.07, 6.45) is 0. The second-order valence-corrected chi connectivity index (χ2v) is 9.75. The zero-order valence-electron chi connectivity index (χ0n) is 17.6. The van der Waals surface area contributed by atoms with Crippen molar-refractivity contribution in [2.24, 2.45) is 0 Å². The Labute approximate surface area is 203 Å². The summed E-state index contributed by atoms with van der Waals surface area (Å²) >= 11 is 2.46. The normalized spacial score (nSPS) is 12.4. The molecule has 3 aromatic heterocycles. The third-order valence-electron chi connectivity index (χ3n) is 7.16. The maximum atomic E-state index is 2.49. The maximum absolute atomic E-state index is 2.49. The van der Waals surface area contributed by atoms with E-state index in [9.17, 15) is 0 Å². The van der Waals surface area contributed by atoms with Crippen molar-refractivity contribution in [3.63, 3.8) is 0 Å². The van der Waals surface area contributed by atoms with E-state index >= 15 is 0 Å². The number of hydrogen-bond donors (Lipinski definition) is 0. The lowest BCUT2D eigenvalue weighted by atomic mass is 10.00. The third-order valence-corrected chi connectivity index (χ3v) is 8.20. The Hall–Kier alpha value is -3.57. The molecule has 2 nitrogen and oxygen atoms in total. The molecule has 0 fully saturated rings. The second kappa shape index (κ2) is 6.27. The molecule has 33 heavy (non-hydrogen) atoms. The smallest absolute Gasteiger partial charge is 0.0646 e. The van der Waals surface area contributed by atoms with Crippen LogP contribution in [-0.4, -0.2) is 7.18 Å². The number of para-hydroxylation sites is 1. The van der Waals surface area contributed by atoms with Gasteiger partial charge >= 0.3 is 0 Å². The maximum Gasteiger partial charge on any atom is 0.0646 e. The highest BCUT2D eigenvalue weighted by Crippen LogP contribution is 2.45. The SMILES string of the molecule is In1c2cccc3c4cc(-c5ccccc5)ccc4n4c5ccccc5c5ccc1c(c32)c54. The van der Waals surface area contributed by atoms with Crippen LogP contribution in [0, 0.1) is 0 Å². The Morgan fingerprint density at radius 1 is 0.455 bits per heavy atom. The van der Waals surface area contributed by atoms with E-state index in [2.05, 4.69) is 133 Å². The van der Waals surface area contributed by atoms with Gasteiger partial charge in [-0.3, -0.25) is 2.78 Å². The van der Waals surface area contributed by atoms with Crippen molar-refractivity contribution in [2.45, 2.75) is 0 Å². The molecule has 0 spiro atoms. The predicted octanol–water partition coefficient (Wildman–Crippen LogP) is 8.81. The molecule has 0 aliphatic rings. The number of rotatable bonds is 1. The van der Waals surface area contributed by atoms with Gasteiger partial charge in [0.05, 0.1) is 50.4 Å². The molecule has 0 saturated carbocycles. The summed E-state index contributed by atoms with van der Waals surface area (Å²) in [7, 11) is 0. The fourth-order valence-corrected chi connectivity index (χ4v) is 6.59. The van der Waals surface area contributed by atoms with Crippen LogP contribution in [0.15, 0.2) is 103 Å². The van der Waals surface area contributed by atoms with Crippen LogP contribution >= 0.6 is 22.9 Å². The molecular weight excluding hydrogens is 515 g/mol. The number of nitrogens with zero attached hydrogens (tertiary/aromatic N) is 2. The van der Waals surface area contributed by atoms with Gasteiger partial charge in [0, 0.05) is 26.9 Å². The summed E-state index contributed by atoms with van der Waals surface area (Å²) in [5, 5.41) is 7.91. The molecule has 0 aliphatic heterocycles. The van der Waals surface area contributed by atoms with E-state index in [1.165, 1.54) is 71.0 Å².